The van der Waals surface area contributed by atoms with Crippen molar-refractivity contribution in [2.24, 2.45) is 5.41 Å². The van der Waals surface area contributed by atoms with Crippen LogP contribution in [-0.4, -0.2) is 13.2 Å². The number of ether oxygens (including phenoxy) is 1. The maximum atomic E-state index is 5.34. The Morgan fingerprint density at radius 3 is 2.45 bits per heavy atom. The van der Waals surface area contributed by atoms with Gasteiger partial charge >= 0.3 is 0 Å². The molecule has 1 rings (SSSR count). The highest BCUT2D eigenvalue weighted by Gasteiger charge is 2.25. The molecule has 0 bridgehead atoms. The van der Waals surface area contributed by atoms with Crippen molar-refractivity contribution in [3.63, 3.8) is 0 Å². The lowest BCUT2D eigenvalue weighted by atomic mass is 9.78. The standard InChI is InChI=1S/C10H20O/c1-3-4-5-10(2)6-8-11-9-7-10/h3-9H2,1-2H3. The molecule has 0 radical (unpaired) electrons. The normalized spacial score (nSPS) is 23.5. The first-order valence-electron chi connectivity index (χ1n) is 4.85. The van der Waals surface area contributed by atoms with Gasteiger partial charge in [0, 0.05) is 13.2 Å². The molecule has 0 saturated carbocycles. The molecular formula is C10H20O. The quantitative estimate of drug-likeness (QED) is 0.610. The first kappa shape index (κ1) is 9.05. The maximum absolute atomic E-state index is 5.34. The minimum absolute atomic E-state index is 0.605. The lowest BCUT2D eigenvalue weighted by Gasteiger charge is -2.33. The molecule has 0 aromatic carbocycles. The number of unbranched alkanes of at least 4 members (excludes halogenated alkanes) is 1. The van der Waals surface area contributed by atoms with E-state index in [0.717, 1.165) is 13.2 Å². The summed E-state index contributed by atoms with van der Waals surface area (Å²) in [6.07, 6.45) is 6.65. The van der Waals surface area contributed by atoms with Crippen LogP contribution in [0.25, 0.3) is 0 Å². The molecule has 0 N–H and O–H groups in total. The zero-order valence-electron chi connectivity index (χ0n) is 7.86. The summed E-state index contributed by atoms with van der Waals surface area (Å²) in [5, 5.41) is 0. The van der Waals surface area contributed by atoms with Crippen molar-refractivity contribution in [3.8, 4) is 0 Å². The highest BCUT2D eigenvalue weighted by molar-refractivity contribution is 4.76. The minimum atomic E-state index is 0.605. The fourth-order valence-electron chi connectivity index (χ4n) is 1.72. The summed E-state index contributed by atoms with van der Waals surface area (Å²) >= 11 is 0. The van der Waals surface area contributed by atoms with E-state index in [-0.39, 0.29) is 0 Å². The SMILES string of the molecule is CCCCC1(C)CCOCC1. The fraction of sp³-hybridized carbons (Fsp3) is 1.00. The lowest BCUT2D eigenvalue weighted by molar-refractivity contribution is 0.0188. The highest BCUT2D eigenvalue weighted by atomic mass is 16.5. The van der Waals surface area contributed by atoms with Crippen molar-refractivity contribution in [2.75, 3.05) is 13.2 Å². The summed E-state index contributed by atoms with van der Waals surface area (Å²) in [5.74, 6) is 0. The predicted molar refractivity (Wildman–Crippen MR) is 47.7 cm³/mol. The summed E-state index contributed by atoms with van der Waals surface area (Å²) in [4.78, 5) is 0. The average molecular weight is 156 g/mol. The van der Waals surface area contributed by atoms with Crippen LogP contribution in [0.2, 0.25) is 0 Å². The molecule has 1 aliphatic rings. The average Bonchev–Trinajstić information content (AvgIpc) is 2.03. The van der Waals surface area contributed by atoms with Crippen molar-refractivity contribution in [1.82, 2.24) is 0 Å². The van der Waals surface area contributed by atoms with Gasteiger partial charge in [-0.3, -0.25) is 0 Å². The predicted octanol–water partition coefficient (Wildman–Crippen LogP) is 2.99. The van der Waals surface area contributed by atoms with Crippen LogP contribution in [0.1, 0.15) is 46.0 Å². The van der Waals surface area contributed by atoms with Crippen LogP contribution in [0.5, 0.6) is 0 Å². The Balaban J connectivity index is 2.25. The molecule has 1 nitrogen and oxygen atoms in total. The van der Waals surface area contributed by atoms with E-state index in [1.165, 1.54) is 32.1 Å². The van der Waals surface area contributed by atoms with Gasteiger partial charge in [0.2, 0.25) is 0 Å². The Labute approximate surface area is 70.1 Å². The monoisotopic (exact) mass is 156 g/mol. The van der Waals surface area contributed by atoms with Gasteiger partial charge in [-0.05, 0) is 24.7 Å². The van der Waals surface area contributed by atoms with Gasteiger partial charge in [0.1, 0.15) is 0 Å². The van der Waals surface area contributed by atoms with Crippen LogP contribution in [0.3, 0.4) is 0 Å². The van der Waals surface area contributed by atoms with E-state index in [4.69, 9.17) is 4.74 Å². The van der Waals surface area contributed by atoms with Crippen molar-refractivity contribution in [2.45, 2.75) is 46.0 Å². The van der Waals surface area contributed by atoms with Gasteiger partial charge in [-0.25, -0.2) is 0 Å². The molecule has 0 atom stereocenters. The van der Waals surface area contributed by atoms with Gasteiger partial charge in [-0.15, -0.1) is 0 Å². The second-order valence-electron chi connectivity index (χ2n) is 4.03. The molecule has 0 amide bonds. The molecule has 1 heterocycles. The Hall–Kier alpha value is -0.0400. The van der Waals surface area contributed by atoms with Crippen molar-refractivity contribution in [3.05, 3.63) is 0 Å². The fourth-order valence-corrected chi connectivity index (χ4v) is 1.72. The zero-order chi connectivity index (χ0) is 8.16. The highest BCUT2D eigenvalue weighted by Crippen LogP contribution is 2.34. The smallest absolute Gasteiger partial charge is 0.0471 e. The van der Waals surface area contributed by atoms with E-state index < -0.39 is 0 Å². The van der Waals surface area contributed by atoms with E-state index in [2.05, 4.69) is 13.8 Å². The zero-order valence-corrected chi connectivity index (χ0v) is 7.86. The lowest BCUT2D eigenvalue weighted by Crippen LogP contribution is -2.26. The largest absolute Gasteiger partial charge is 0.381 e. The second kappa shape index (κ2) is 4.10. The Morgan fingerprint density at radius 1 is 1.27 bits per heavy atom. The number of rotatable bonds is 3. The summed E-state index contributed by atoms with van der Waals surface area (Å²) in [7, 11) is 0. The van der Waals surface area contributed by atoms with Crippen LogP contribution < -0.4 is 0 Å². The summed E-state index contributed by atoms with van der Waals surface area (Å²) in [5.41, 5.74) is 0.605. The van der Waals surface area contributed by atoms with Crippen LogP contribution in [0.4, 0.5) is 0 Å². The van der Waals surface area contributed by atoms with Gasteiger partial charge in [-0.1, -0.05) is 26.7 Å². The molecular weight excluding hydrogens is 136 g/mol. The molecule has 0 aromatic heterocycles. The van der Waals surface area contributed by atoms with E-state index in [9.17, 15) is 0 Å². The molecule has 0 spiro atoms. The van der Waals surface area contributed by atoms with Gasteiger partial charge in [0.25, 0.3) is 0 Å². The van der Waals surface area contributed by atoms with Gasteiger partial charge in [0.05, 0.1) is 0 Å². The number of hydrogen-bond acceptors (Lipinski definition) is 1. The number of hydrogen-bond donors (Lipinski definition) is 0. The third kappa shape index (κ3) is 2.82. The molecule has 1 heteroatoms. The van der Waals surface area contributed by atoms with Gasteiger partial charge in [0.15, 0.2) is 0 Å². The third-order valence-electron chi connectivity index (χ3n) is 2.83. The summed E-state index contributed by atoms with van der Waals surface area (Å²) in [6, 6.07) is 0. The van der Waals surface area contributed by atoms with Gasteiger partial charge in [-0.2, -0.15) is 0 Å². The van der Waals surface area contributed by atoms with E-state index in [1.54, 1.807) is 0 Å². The van der Waals surface area contributed by atoms with Crippen LogP contribution in [-0.2, 0) is 4.74 Å². The topological polar surface area (TPSA) is 9.23 Å². The maximum Gasteiger partial charge on any atom is 0.0471 e. The van der Waals surface area contributed by atoms with Gasteiger partial charge < -0.3 is 4.74 Å². The molecule has 0 aliphatic carbocycles. The Morgan fingerprint density at radius 2 is 1.91 bits per heavy atom. The van der Waals surface area contributed by atoms with Crippen LogP contribution in [0.15, 0.2) is 0 Å². The minimum Gasteiger partial charge on any atom is -0.381 e. The molecule has 0 aromatic rings. The second-order valence-corrected chi connectivity index (χ2v) is 4.03. The molecule has 1 saturated heterocycles. The van der Waals surface area contributed by atoms with E-state index in [1.807, 2.05) is 0 Å². The molecule has 1 fully saturated rings. The van der Waals surface area contributed by atoms with Crippen molar-refractivity contribution in [1.29, 1.82) is 0 Å². The Bertz CT molecular complexity index is 103. The Kier molecular flexibility index (Phi) is 3.38. The summed E-state index contributed by atoms with van der Waals surface area (Å²) < 4.78 is 5.34. The molecule has 11 heavy (non-hydrogen) atoms. The van der Waals surface area contributed by atoms with Crippen LogP contribution >= 0.6 is 0 Å². The van der Waals surface area contributed by atoms with E-state index >= 15 is 0 Å². The van der Waals surface area contributed by atoms with Crippen LogP contribution in [0, 0.1) is 5.41 Å². The van der Waals surface area contributed by atoms with Crippen molar-refractivity contribution >= 4 is 0 Å². The van der Waals surface area contributed by atoms with E-state index in [0.29, 0.717) is 5.41 Å². The molecule has 66 valence electrons. The molecule has 0 unspecified atom stereocenters. The summed E-state index contributed by atoms with van der Waals surface area (Å²) in [6.45, 7) is 6.65. The first-order chi connectivity index (χ1) is 5.27. The third-order valence-corrected chi connectivity index (χ3v) is 2.83. The molecule has 1 aliphatic heterocycles. The van der Waals surface area contributed by atoms with Crippen molar-refractivity contribution < 1.29 is 4.74 Å². The first-order valence-corrected chi connectivity index (χ1v) is 4.85.